The highest BCUT2D eigenvalue weighted by atomic mass is 35.5. The lowest BCUT2D eigenvalue weighted by molar-refractivity contribution is -0.132. The summed E-state index contributed by atoms with van der Waals surface area (Å²) >= 11 is 6.67. The van der Waals surface area contributed by atoms with E-state index >= 15 is 0 Å². The van der Waals surface area contributed by atoms with Gasteiger partial charge in [-0.15, -0.1) is 11.6 Å². The number of alkyl halides is 1. The van der Waals surface area contributed by atoms with E-state index in [1.54, 1.807) is 85.2 Å². The van der Waals surface area contributed by atoms with Gasteiger partial charge >= 0.3 is 28.6 Å². The van der Waals surface area contributed by atoms with E-state index in [0.717, 1.165) is 21.4 Å². The first-order chi connectivity index (χ1) is 47.7. The van der Waals surface area contributed by atoms with Crippen LogP contribution < -0.4 is 58.3 Å². The van der Waals surface area contributed by atoms with E-state index in [0.29, 0.717) is 38.8 Å². The van der Waals surface area contributed by atoms with Crippen LogP contribution in [0.2, 0.25) is 0 Å². The van der Waals surface area contributed by atoms with Crippen molar-refractivity contribution in [3.63, 3.8) is 0 Å². The fourth-order valence-corrected chi connectivity index (χ4v) is 11.4. The van der Waals surface area contributed by atoms with Crippen LogP contribution in [0.3, 0.4) is 0 Å². The fraction of sp³-hybridized carbons (Fsp3) is 0.364. The highest BCUT2D eigenvalue weighted by Crippen LogP contribution is 2.47. The Morgan fingerprint density at radius 2 is 1.53 bits per heavy atom. The van der Waals surface area contributed by atoms with Gasteiger partial charge in [-0.3, -0.25) is 42.9 Å². The number of Topliss-reactive ketones (excluding diaryl/α,β-unsaturated/α-hetero) is 1. The lowest BCUT2D eigenvalue weighted by Crippen LogP contribution is -2.56. The summed E-state index contributed by atoms with van der Waals surface area (Å²) in [5.41, 5.74) is 14.8. The second-order valence-electron chi connectivity index (χ2n) is 23.7. The van der Waals surface area contributed by atoms with Crippen LogP contribution in [0.15, 0.2) is 108 Å². The molecule has 3 atom stereocenters. The van der Waals surface area contributed by atoms with Crippen LogP contribution in [0.4, 0.5) is 25.8 Å². The Kier molecular flexibility index (Phi) is 26.0. The molecule has 1 aliphatic rings. The van der Waals surface area contributed by atoms with Crippen molar-refractivity contribution in [2.45, 2.75) is 71.1 Å². The third-order valence-corrected chi connectivity index (χ3v) is 16.8. The summed E-state index contributed by atoms with van der Waals surface area (Å²) in [6.07, 6.45) is 1.32. The van der Waals surface area contributed by atoms with E-state index < -0.39 is 108 Å². The van der Waals surface area contributed by atoms with E-state index in [9.17, 15) is 61.2 Å². The molecule has 32 nitrogen and oxygen atoms in total. The topological polar surface area (TPSA) is 446 Å². The normalized spacial score (nSPS) is 13.2. The number of nitrogens with two attached hydrogens (primary N) is 2. The number of nitrogens with zero attached hydrogens (tertiary/aromatic N) is 5. The van der Waals surface area contributed by atoms with Crippen molar-refractivity contribution in [3.8, 4) is 5.75 Å². The second-order valence-corrected chi connectivity index (χ2v) is 25.1. The Labute approximate surface area is 578 Å². The van der Waals surface area contributed by atoms with E-state index in [2.05, 4.69) is 46.4 Å². The molecule has 0 fully saturated rings. The van der Waals surface area contributed by atoms with E-state index in [1.165, 1.54) is 29.0 Å². The van der Waals surface area contributed by atoms with Gasteiger partial charge in [-0.2, -0.15) is 8.42 Å². The Morgan fingerprint density at radius 3 is 2.24 bits per heavy atom. The highest BCUT2D eigenvalue weighted by Gasteiger charge is 2.38. The van der Waals surface area contributed by atoms with Crippen LogP contribution in [-0.4, -0.2) is 188 Å². The Hall–Kier alpha value is -10.7. The first kappa shape index (κ1) is 75.0. The van der Waals surface area contributed by atoms with Gasteiger partial charge in [0.15, 0.2) is 5.76 Å². The standard InChI is InChI=1S/C66H77ClN14O18S/c1-38(2)60(77-57(86)33-73-56(85)32-72-55(84)31-68)62(88)76-46(12-8-21-71-64(69)90)61(87)74-44-17-14-40(15-18-44)37-96-65(91)78(4)24-25-79(23-20-54(83)70-22-26-97-100(93,94)95)66(92)99-51-29-48-59(58-39(3)9-7-11-45(51)58)43(30-67)35-81(48)63(89)47-36-80-34-41(16-19-53(80)75-47)27-49(82)52-28-42-10-5-6-13-50(42)98-52/h5-7,9-11,13-19,28-29,34,36,38,43,46,60H,8,12,20-27,30-33,35,37,68H2,1-4H3,(H,70,83)(H,72,84)(H,73,85)(H,74,87)(H,76,88)(H,77,86)(H3,69,71,90)(H,93,94,95)/t43-,46+,60+/m1/s1. The molecule has 1 aliphatic heterocycles. The number of imidazole rings is 1. The Bertz CT molecular complexity index is 4300. The van der Waals surface area contributed by atoms with Gasteiger partial charge in [0.1, 0.15) is 41.4 Å². The average molecular weight is 1420 g/mol. The number of ketones is 1. The van der Waals surface area contributed by atoms with Gasteiger partial charge in [-0.05, 0) is 83.7 Å². The number of benzene rings is 4. The summed E-state index contributed by atoms with van der Waals surface area (Å²) in [4.78, 5) is 153. The number of pyridine rings is 1. The van der Waals surface area contributed by atoms with E-state index in [4.69, 9.17) is 41.5 Å². The first-order valence-electron chi connectivity index (χ1n) is 31.6. The molecule has 0 radical (unpaired) electrons. The fourth-order valence-electron chi connectivity index (χ4n) is 10.8. The summed E-state index contributed by atoms with van der Waals surface area (Å²) in [6, 6.07) is 22.3. The lowest BCUT2D eigenvalue weighted by Gasteiger charge is -2.26. The van der Waals surface area contributed by atoms with Crippen molar-refractivity contribution in [3.05, 3.63) is 137 Å². The number of ether oxygens (including phenoxy) is 2. The number of aryl methyl sites for hydroxylation is 1. The minimum absolute atomic E-state index is 0.00752. The number of aromatic nitrogens is 2. The largest absolute Gasteiger partial charge is 0.453 e. The third kappa shape index (κ3) is 20.7. The number of fused-ring (bicyclic) bond motifs is 5. The molecule has 0 spiro atoms. The first-order valence-corrected chi connectivity index (χ1v) is 33.5. The zero-order valence-electron chi connectivity index (χ0n) is 55.0. The number of hydrogen-bond acceptors (Lipinski definition) is 19. The molecule has 12 N–H and O–H groups in total. The number of nitrogens with one attached hydrogen (secondary N) is 7. The van der Waals surface area contributed by atoms with Crippen LogP contribution in [-0.2, 0) is 61.1 Å². The number of primary amides is 1. The maximum absolute atomic E-state index is 14.7. The van der Waals surface area contributed by atoms with Crippen LogP contribution >= 0.6 is 11.6 Å². The number of para-hydroxylation sites is 1. The van der Waals surface area contributed by atoms with Crippen molar-refractivity contribution in [1.82, 2.24) is 51.1 Å². The molecule has 100 heavy (non-hydrogen) atoms. The van der Waals surface area contributed by atoms with Gasteiger partial charge in [-0.25, -0.2) is 23.6 Å². The molecule has 0 bridgehead atoms. The number of hydrogen-bond donors (Lipinski definition) is 10. The average Bonchev–Trinajstić information content (AvgIpc) is 1.53. The number of furan rings is 1. The van der Waals surface area contributed by atoms with E-state index in [-0.39, 0.29) is 119 Å². The molecule has 3 aromatic heterocycles. The number of rotatable bonds is 33. The molecule has 4 aromatic carbocycles. The van der Waals surface area contributed by atoms with Crippen LogP contribution in [0.5, 0.6) is 5.75 Å². The third-order valence-electron chi connectivity index (χ3n) is 15.9. The predicted molar refractivity (Wildman–Crippen MR) is 364 cm³/mol. The number of halogens is 1. The molecule has 7 aromatic rings. The van der Waals surface area contributed by atoms with Crippen molar-refractivity contribution >= 4 is 126 Å². The monoisotopic (exact) mass is 1420 g/mol. The summed E-state index contributed by atoms with van der Waals surface area (Å²) in [6.45, 7) is 2.13. The van der Waals surface area contributed by atoms with E-state index in [1.807, 2.05) is 31.2 Å². The quantitative estimate of drug-likeness (QED) is 0.0122. The molecule has 11 amide bonds. The number of likely N-dealkylation sites (N-methyl/N-ethyl adjacent to an activating group) is 1. The Morgan fingerprint density at radius 1 is 0.800 bits per heavy atom. The number of carbonyl (C=O) groups excluding carboxylic acids is 11. The van der Waals surface area contributed by atoms with Crippen LogP contribution in [0.1, 0.15) is 82.3 Å². The zero-order valence-corrected chi connectivity index (χ0v) is 56.6. The molecule has 4 heterocycles. The smallest absolute Gasteiger partial charge is 0.415 e. The van der Waals surface area contributed by atoms with Crippen molar-refractivity contribution in [2.75, 3.05) is 88.7 Å². The predicted octanol–water partition coefficient (Wildman–Crippen LogP) is 3.55. The molecule has 0 saturated heterocycles. The number of urea groups is 1. The van der Waals surface area contributed by atoms with Crippen LogP contribution in [0, 0.1) is 12.8 Å². The molecule has 532 valence electrons. The number of anilines is 2. The summed E-state index contributed by atoms with van der Waals surface area (Å²) in [5, 5.41) is 19.3. The molecule has 34 heteroatoms. The van der Waals surface area contributed by atoms with Gasteiger partial charge in [0.2, 0.25) is 41.2 Å². The SMILES string of the molecule is Cc1cccc2c(OC(=O)N(CCC(=O)NCCOS(=O)(=O)O)CCN(C)C(=O)OCc3ccc(NC(=O)[C@H](CCCNC(N)=O)NC(=O)[C@@H](NC(=O)CNC(=O)CNC(=O)CN)C(C)C)cc3)cc3c(c12)[C@H](CCl)CN3C(=O)c1cn2cc(CC(=O)c3cc4ccccc4o3)ccc2n1. The minimum Gasteiger partial charge on any atom is -0.453 e. The van der Waals surface area contributed by atoms with Crippen molar-refractivity contribution < 1.29 is 83.8 Å². The van der Waals surface area contributed by atoms with Crippen LogP contribution in [0.25, 0.3) is 27.4 Å². The van der Waals surface area contributed by atoms with Gasteiger partial charge in [-0.1, -0.05) is 68.4 Å². The molecule has 8 rings (SSSR count). The molecule has 0 saturated carbocycles. The lowest BCUT2D eigenvalue weighted by atomic mass is 9.92. The van der Waals surface area contributed by atoms with Gasteiger partial charge in [0.05, 0.1) is 31.9 Å². The summed E-state index contributed by atoms with van der Waals surface area (Å²) < 4.78 is 54.7. The zero-order chi connectivity index (χ0) is 72.4. The summed E-state index contributed by atoms with van der Waals surface area (Å²) in [5.74, 6) is -5.30. The molecular formula is C66H77ClN14O18S. The second kappa shape index (κ2) is 34.7. The number of amides is 11. The summed E-state index contributed by atoms with van der Waals surface area (Å²) in [7, 11) is -3.39. The highest BCUT2D eigenvalue weighted by molar-refractivity contribution is 7.80. The molecule has 0 unspecified atom stereocenters. The molecule has 0 aliphatic carbocycles. The van der Waals surface area contributed by atoms with Crippen molar-refractivity contribution in [2.24, 2.45) is 17.4 Å². The molecular weight excluding hydrogens is 1340 g/mol. The van der Waals surface area contributed by atoms with Gasteiger partial charge < -0.3 is 81.7 Å². The van der Waals surface area contributed by atoms with Gasteiger partial charge in [0.25, 0.3) is 5.91 Å². The maximum atomic E-state index is 14.7. The van der Waals surface area contributed by atoms with Gasteiger partial charge in [0, 0.05) is 106 Å². The Balaban J connectivity index is 0.924. The van der Waals surface area contributed by atoms with Crippen molar-refractivity contribution in [1.29, 1.82) is 0 Å². The maximum Gasteiger partial charge on any atom is 0.415 e. The number of carbonyl (C=O) groups is 11. The minimum atomic E-state index is -4.80.